The topological polar surface area (TPSA) is 86.6 Å². The van der Waals surface area contributed by atoms with Crippen LogP contribution in [-0.2, 0) is 4.79 Å². The lowest BCUT2D eigenvalue weighted by Crippen LogP contribution is -2.50. The van der Waals surface area contributed by atoms with Crippen LogP contribution in [0.3, 0.4) is 0 Å². The summed E-state index contributed by atoms with van der Waals surface area (Å²) in [4.78, 5) is 24.0. The zero-order valence-electron chi connectivity index (χ0n) is 10.5. The number of carbonyl (C=O) groups is 2. The number of phenols is 1. The Morgan fingerprint density at radius 2 is 1.81 bits per heavy atom. The second-order valence-corrected chi connectivity index (χ2v) is 5.27. The molecule has 1 heterocycles. The number of carboxylic acid groups (broad SMARTS) is 1. The number of hydrogen-bond acceptors (Lipinski definition) is 4. The standard InChI is InChI=1S/C13H10F3NO4/c14-6-7(15)9-5(10(18)8(6)16)11(19)13(3-17-9,12(20)21)4-1-2-4/h4,17-18H,1-3H2,(H,20,21). The average molecular weight is 301 g/mol. The Bertz CT molecular complexity index is 687. The minimum Gasteiger partial charge on any atom is -0.504 e. The maximum absolute atomic E-state index is 13.7. The molecule has 1 fully saturated rings. The highest BCUT2D eigenvalue weighted by Crippen LogP contribution is 2.52. The minimum atomic E-state index is -1.92. The number of Topliss-reactive ketones (excluding diaryl/α,β-unsaturated/α-hetero) is 1. The Hall–Kier alpha value is -2.25. The molecule has 0 amide bonds. The number of phenolic OH excluding ortho intramolecular Hbond substituents is 1. The molecule has 1 unspecified atom stereocenters. The van der Waals surface area contributed by atoms with E-state index in [9.17, 15) is 33.0 Å². The van der Waals surface area contributed by atoms with Crippen molar-refractivity contribution < 1.29 is 33.0 Å². The minimum absolute atomic E-state index is 0.430. The van der Waals surface area contributed by atoms with Crippen molar-refractivity contribution in [2.24, 2.45) is 11.3 Å². The molecule has 1 atom stereocenters. The van der Waals surface area contributed by atoms with E-state index in [1.54, 1.807) is 0 Å². The number of nitrogens with one attached hydrogen (secondary N) is 1. The molecule has 0 aromatic heterocycles. The average Bonchev–Trinajstić information content (AvgIpc) is 3.27. The SMILES string of the molecule is O=C(O)C1(C2CC2)CNc2c(F)c(F)c(F)c(O)c2C1=O. The van der Waals surface area contributed by atoms with Gasteiger partial charge in [0.15, 0.2) is 28.6 Å². The van der Waals surface area contributed by atoms with E-state index in [4.69, 9.17) is 0 Å². The predicted molar refractivity (Wildman–Crippen MR) is 63.6 cm³/mol. The summed E-state index contributed by atoms with van der Waals surface area (Å²) in [6, 6.07) is 0. The molecule has 1 saturated carbocycles. The lowest BCUT2D eigenvalue weighted by Gasteiger charge is -2.34. The summed E-state index contributed by atoms with van der Waals surface area (Å²) in [5.41, 5.74) is -3.43. The molecule has 8 heteroatoms. The summed E-state index contributed by atoms with van der Waals surface area (Å²) in [7, 11) is 0. The van der Waals surface area contributed by atoms with E-state index in [0.29, 0.717) is 12.8 Å². The molecule has 1 aliphatic heterocycles. The molecule has 1 aliphatic carbocycles. The van der Waals surface area contributed by atoms with Gasteiger partial charge in [0.25, 0.3) is 0 Å². The zero-order chi connectivity index (χ0) is 15.5. The van der Waals surface area contributed by atoms with E-state index >= 15 is 0 Å². The number of rotatable bonds is 2. The molecule has 21 heavy (non-hydrogen) atoms. The number of benzene rings is 1. The third-order valence-electron chi connectivity index (χ3n) is 4.13. The summed E-state index contributed by atoms with van der Waals surface area (Å²) < 4.78 is 40.4. The van der Waals surface area contributed by atoms with Crippen LogP contribution in [-0.4, -0.2) is 28.5 Å². The molecule has 1 aromatic rings. The van der Waals surface area contributed by atoms with Crippen molar-refractivity contribution in [2.45, 2.75) is 12.8 Å². The van der Waals surface area contributed by atoms with E-state index in [1.807, 2.05) is 0 Å². The first kappa shape index (κ1) is 13.7. The lowest BCUT2D eigenvalue weighted by molar-refractivity contribution is -0.146. The Balaban J connectivity index is 2.25. The van der Waals surface area contributed by atoms with Crippen molar-refractivity contribution in [1.82, 2.24) is 0 Å². The fourth-order valence-electron chi connectivity index (χ4n) is 2.82. The van der Waals surface area contributed by atoms with Crippen LogP contribution >= 0.6 is 0 Å². The molecular formula is C13H10F3NO4. The van der Waals surface area contributed by atoms with E-state index in [-0.39, 0.29) is 0 Å². The van der Waals surface area contributed by atoms with Crippen LogP contribution in [0.2, 0.25) is 0 Å². The largest absolute Gasteiger partial charge is 0.504 e. The number of halogens is 3. The number of carboxylic acids is 1. The van der Waals surface area contributed by atoms with Crippen molar-refractivity contribution in [3.63, 3.8) is 0 Å². The van der Waals surface area contributed by atoms with Gasteiger partial charge in [-0.15, -0.1) is 0 Å². The van der Waals surface area contributed by atoms with Crippen molar-refractivity contribution in [1.29, 1.82) is 0 Å². The van der Waals surface area contributed by atoms with Crippen molar-refractivity contribution in [2.75, 3.05) is 11.9 Å². The highest BCUT2D eigenvalue weighted by Gasteiger charge is 2.60. The quantitative estimate of drug-likeness (QED) is 0.574. The van der Waals surface area contributed by atoms with Crippen LogP contribution in [0.15, 0.2) is 0 Å². The number of aliphatic carboxylic acids is 1. The highest BCUT2D eigenvalue weighted by molar-refractivity contribution is 6.18. The van der Waals surface area contributed by atoms with E-state index in [2.05, 4.69) is 5.32 Å². The van der Waals surface area contributed by atoms with Crippen LogP contribution in [0.25, 0.3) is 0 Å². The Kier molecular flexibility index (Phi) is 2.69. The summed E-state index contributed by atoms with van der Waals surface area (Å²) in [6.45, 7) is -0.430. The molecule has 0 saturated heterocycles. The van der Waals surface area contributed by atoms with Gasteiger partial charge in [0.1, 0.15) is 0 Å². The number of ketones is 1. The van der Waals surface area contributed by atoms with E-state index < -0.39 is 64.1 Å². The third kappa shape index (κ3) is 1.58. The van der Waals surface area contributed by atoms with Crippen molar-refractivity contribution >= 4 is 17.4 Å². The Labute approximate surface area is 116 Å². The van der Waals surface area contributed by atoms with Gasteiger partial charge >= 0.3 is 5.97 Å². The molecular weight excluding hydrogens is 291 g/mol. The molecule has 0 radical (unpaired) electrons. The van der Waals surface area contributed by atoms with Gasteiger partial charge in [-0.1, -0.05) is 0 Å². The van der Waals surface area contributed by atoms with Gasteiger partial charge in [0.2, 0.25) is 5.82 Å². The first-order chi connectivity index (χ1) is 9.82. The number of aromatic hydroxyl groups is 1. The van der Waals surface area contributed by atoms with Gasteiger partial charge < -0.3 is 15.5 Å². The van der Waals surface area contributed by atoms with Gasteiger partial charge in [-0.05, 0) is 18.8 Å². The molecule has 5 nitrogen and oxygen atoms in total. The molecule has 1 aromatic carbocycles. The lowest BCUT2D eigenvalue weighted by atomic mass is 9.73. The summed E-state index contributed by atoms with van der Waals surface area (Å²) in [5.74, 6) is -9.84. The number of fused-ring (bicyclic) bond motifs is 1. The normalized spacial score (nSPS) is 24.4. The zero-order valence-corrected chi connectivity index (χ0v) is 10.5. The van der Waals surface area contributed by atoms with Crippen LogP contribution in [0.5, 0.6) is 5.75 Å². The fraction of sp³-hybridized carbons (Fsp3) is 0.385. The Morgan fingerprint density at radius 3 is 2.33 bits per heavy atom. The first-order valence-corrected chi connectivity index (χ1v) is 6.23. The van der Waals surface area contributed by atoms with Gasteiger partial charge in [0, 0.05) is 6.54 Å². The van der Waals surface area contributed by atoms with Gasteiger partial charge in [-0.3, -0.25) is 9.59 Å². The van der Waals surface area contributed by atoms with Crippen LogP contribution < -0.4 is 5.32 Å². The molecule has 0 bridgehead atoms. The third-order valence-corrected chi connectivity index (χ3v) is 4.13. The van der Waals surface area contributed by atoms with Crippen LogP contribution in [0.4, 0.5) is 18.9 Å². The molecule has 0 spiro atoms. The van der Waals surface area contributed by atoms with E-state index in [1.165, 1.54) is 0 Å². The van der Waals surface area contributed by atoms with Gasteiger partial charge in [-0.25, -0.2) is 8.78 Å². The molecule has 2 aliphatic rings. The Morgan fingerprint density at radius 1 is 1.19 bits per heavy atom. The fourth-order valence-corrected chi connectivity index (χ4v) is 2.82. The summed E-state index contributed by atoms with van der Waals surface area (Å²) in [6.07, 6.45) is 0.976. The predicted octanol–water partition coefficient (Wildman–Crippen LogP) is 1.90. The van der Waals surface area contributed by atoms with Crippen LogP contribution in [0.1, 0.15) is 23.2 Å². The highest BCUT2D eigenvalue weighted by atomic mass is 19.2. The number of carbonyl (C=O) groups excluding carboxylic acids is 1. The smallest absolute Gasteiger partial charge is 0.319 e. The number of anilines is 1. The maximum Gasteiger partial charge on any atom is 0.319 e. The molecule has 3 rings (SSSR count). The van der Waals surface area contributed by atoms with Gasteiger partial charge in [0.05, 0.1) is 11.3 Å². The van der Waals surface area contributed by atoms with Crippen LogP contribution in [0, 0.1) is 28.8 Å². The maximum atomic E-state index is 13.7. The second-order valence-electron chi connectivity index (χ2n) is 5.27. The van der Waals surface area contributed by atoms with Gasteiger partial charge in [-0.2, -0.15) is 4.39 Å². The molecule has 112 valence electrons. The second kappa shape index (κ2) is 4.12. The summed E-state index contributed by atoms with van der Waals surface area (Å²) >= 11 is 0. The van der Waals surface area contributed by atoms with Crippen molar-refractivity contribution in [3.8, 4) is 5.75 Å². The van der Waals surface area contributed by atoms with E-state index in [0.717, 1.165) is 0 Å². The first-order valence-electron chi connectivity index (χ1n) is 6.23. The summed E-state index contributed by atoms with van der Waals surface area (Å²) in [5, 5.41) is 21.3. The monoisotopic (exact) mass is 301 g/mol. The van der Waals surface area contributed by atoms with Crippen molar-refractivity contribution in [3.05, 3.63) is 23.0 Å². The number of hydrogen-bond donors (Lipinski definition) is 3. The molecule has 3 N–H and O–H groups in total.